The van der Waals surface area contributed by atoms with Crippen LogP contribution in [0.3, 0.4) is 0 Å². The Balaban J connectivity index is 1.62. The number of rotatable bonds is 4. The van der Waals surface area contributed by atoms with Crippen LogP contribution in [0.2, 0.25) is 0 Å². The monoisotopic (exact) mass is 330 g/mol. The molecule has 0 aliphatic carbocycles. The number of hydrogen-bond donors (Lipinski definition) is 0. The zero-order chi connectivity index (χ0) is 13.8. The first-order chi connectivity index (χ1) is 9.83. The Morgan fingerprint density at radius 1 is 0.700 bits per heavy atom. The summed E-state index contributed by atoms with van der Waals surface area (Å²) >= 11 is 3.25. The van der Waals surface area contributed by atoms with Crippen molar-refractivity contribution in [2.24, 2.45) is 0 Å². The summed E-state index contributed by atoms with van der Waals surface area (Å²) in [6.07, 6.45) is 0. The van der Waals surface area contributed by atoms with Gasteiger partial charge in [-0.25, -0.2) is 0 Å². The van der Waals surface area contributed by atoms with Crippen LogP contribution in [-0.2, 0) is 13.1 Å². The molecular formula is C17H18N2Se. The van der Waals surface area contributed by atoms with Gasteiger partial charge in [0.1, 0.15) is 0 Å². The number of hydrogen-bond acceptors (Lipinski definition) is 2. The fraction of sp³-hybridized carbons (Fsp3) is 0.235. The molecule has 0 atom stereocenters. The van der Waals surface area contributed by atoms with E-state index in [1.54, 1.807) is 0 Å². The maximum absolute atomic E-state index is 3.25. The van der Waals surface area contributed by atoms with Crippen molar-refractivity contribution in [3.05, 3.63) is 71.8 Å². The van der Waals surface area contributed by atoms with E-state index in [0.29, 0.717) is 0 Å². The molecule has 0 spiro atoms. The third-order valence-electron chi connectivity index (χ3n) is 3.61. The second-order valence-electron chi connectivity index (χ2n) is 5.10. The standard InChI is InChI=1S/C17H18N2Se/c20-17-18(13-15-7-3-1-4-8-15)11-12-19(17)14-16-9-5-2-6-10-16/h1-10H,11-14H2. The molecule has 3 rings (SSSR count). The predicted molar refractivity (Wildman–Crippen MR) is 84.5 cm³/mol. The van der Waals surface area contributed by atoms with E-state index in [9.17, 15) is 0 Å². The normalized spacial score (nSPS) is 14.9. The summed E-state index contributed by atoms with van der Waals surface area (Å²) in [5.74, 6) is 0. The average molecular weight is 329 g/mol. The molecule has 0 unspecified atom stereocenters. The van der Waals surface area contributed by atoms with Crippen LogP contribution in [0.4, 0.5) is 0 Å². The van der Waals surface area contributed by atoms with Crippen LogP contribution in [-0.4, -0.2) is 43.1 Å². The van der Waals surface area contributed by atoms with Crippen molar-refractivity contribution in [2.75, 3.05) is 13.1 Å². The van der Waals surface area contributed by atoms with Crippen LogP contribution in [0.1, 0.15) is 11.1 Å². The quantitative estimate of drug-likeness (QED) is 0.794. The van der Waals surface area contributed by atoms with Gasteiger partial charge in [-0.15, -0.1) is 0 Å². The van der Waals surface area contributed by atoms with Crippen molar-refractivity contribution in [3.63, 3.8) is 0 Å². The second kappa shape index (κ2) is 6.25. The van der Waals surface area contributed by atoms with Crippen molar-refractivity contribution in [2.45, 2.75) is 13.1 Å². The summed E-state index contributed by atoms with van der Waals surface area (Å²) in [6, 6.07) is 21.3. The minimum absolute atomic E-state index is 0.981. The first-order valence-corrected chi connectivity index (χ1v) is 7.80. The van der Waals surface area contributed by atoms with E-state index in [0.717, 1.165) is 26.2 Å². The Morgan fingerprint density at radius 3 is 1.50 bits per heavy atom. The topological polar surface area (TPSA) is 6.48 Å². The number of nitrogens with zero attached hydrogens (tertiary/aromatic N) is 2. The van der Waals surface area contributed by atoms with Gasteiger partial charge in [0, 0.05) is 0 Å². The fourth-order valence-electron chi connectivity index (χ4n) is 2.53. The predicted octanol–water partition coefficient (Wildman–Crippen LogP) is 2.26. The van der Waals surface area contributed by atoms with E-state index in [-0.39, 0.29) is 0 Å². The van der Waals surface area contributed by atoms with Crippen LogP contribution >= 0.6 is 0 Å². The fourth-order valence-corrected chi connectivity index (χ4v) is 3.19. The van der Waals surface area contributed by atoms with Gasteiger partial charge in [-0.3, -0.25) is 0 Å². The van der Waals surface area contributed by atoms with E-state index in [4.69, 9.17) is 0 Å². The van der Waals surface area contributed by atoms with Crippen LogP contribution in [0.25, 0.3) is 0 Å². The van der Waals surface area contributed by atoms with Gasteiger partial charge in [-0.1, -0.05) is 0 Å². The minimum atomic E-state index is 0.981. The summed E-state index contributed by atoms with van der Waals surface area (Å²) in [7, 11) is 0. The molecule has 1 heterocycles. The zero-order valence-electron chi connectivity index (χ0n) is 11.4. The second-order valence-corrected chi connectivity index (χ2v) is 5.86. The molecular weight excluding hydrogens is 311 g/mol. The SMILES string of the molecule is [Se]=C1N(Cc2ccccc2)CCN1Cc1ccccc1. The molecule has 1 aliphatic heterocycles. The molecule has 2 nitrogen and oxygen atoms in total. The molecule has 0 amide bonds. The van der Waals surface area contributed by atoms with Crippen molar-refractivity contribution >= 4 is 20.2 Å². The van der Waals surface area contributed by atoms with Crippen molar-refractivity contribution < 1.29 is 0 Å². The van der Waals surface area contributed by atoms with Crippen LogP contribution in [0, 0.1) is 0 Å². The Labute approximate surface area is 128 Å². The van der Waals surface area contributed by atoms with Crippen LogP contribution in [0.15, 0.2) is 60.7 Å². The summed E-state index contributed by atoms with van der Waals surface area (Å²) in [5.41, 5.74) is 2.73. The molecule has 0 aromatic heterocycles. The third kappa shape index (κ3) is 3.12. The summed E-state index contributed by atoms with van der Waals surface area (Å²) in [6.45, 7) is 4.14. The van der Waals surface area contributed by atoms with Gasteiger partial charge in [0.25, 0.3) is 0 Å². The number of benzene rings is 2. The molecule has 0 radical (unpaired) electrons. The molecule has 0 N–H and O–H groups in total. The van der Waals surface area contributed by atoms with Crippen LogP contribution in [0.5, 0.6) is 0 Å². The first kappa shape index (κ1) is 13.4. The van der Waals surface area contributed by atoms with Crippen molar-refractivity contribution in [1.82, 2.24) is 9.80 Å². The molecule has 0 bridgehead atoms. The van der Waals surface area contributed by atoms with Gasteiger partial charge in [0.05, 0.1) is 0 Å². The molecule has 1 aliphatic rings. The van der Waals surface area contributed by atoms with E-state index < -0.39 is 0 Å². The Hall–Kier alpha value is -1.57. The molecule has 102 valence electrons. The molecule has 0 saturated carbocycles. The van der Waals surface area contributed by atoms with Crippen molar-refractivity contribution in [3.8, 4) is 0 Å². The summed E-state index contributed by atoms with van der Waals surface area (Å²) < 4.78 is 1.26. The van der Waals surface area contributed by atoms with Gasteiger partial charge in [-0.05, 0) is 0 Å². The van der Waals surface area contributed by atoms with Gasteiger partial charge >= 0.3 is 128 Å². The molecule has 2 aromatic rings. The molecule has 2 aromatic carbocycles. The van der Waals surface area contributed by atoms with Gasteiger partial charge in [0.15, 0.2) is 0 Å². The third-order valence-corrected chi connectivity index (χ3v) is 4.70. The zero-order valence-corrected chi connectivity index (χ0v) is 13.1. The van der Waals surface area contributed by atoms with E-state index >= 15 is 0 Å². The molecule has 1 saturated heterocycles. The maximum atomic E-state index is 3.25. The Bertz CT molecular complexity index is 517. The molecule has 1 fully saturated rings. The van der Waals surface area contributed by atoms with Gasteiger partial charge < -0.3 is 0 Å². The molecule has 3 heteroatoms. The van der Waals surface area contributed by atoms with E-state index in [1.165, 1.54) is 15.8 Å². The van der Waals surface area contributed by atoms with Crippen molar-refractivity contribution in [1.29, 1.82) is 0 Å². The van der Waals surface area contributed by atoms with E-state index in [1.807, 2.05) is 0 Å². The Morgan fingerprint density at radius 2 is 1.10 bits per heavy atom. The van der Waals surface area contributed by atoms with Gasteiger partial charge in [-0.2, -0.15) is 0 Å². The van der Waals surface area contributed by atoms with E-state index in [2.05, 4.69) is 86.0 Å². The molecule has 20 heavy (non-hydrogen) atoms. The average Bonchev–Trinajstić information content (AvgIpc) is 2.83. The first-order valence-electron chi connectivity index (χ1n) is 6.94. The summed E-state index contributed by atoms with van der Waals surface area (Å²) in [4.78, 5) is 4.83. The Kier molecular flexibility index (Phi) is 4.19. The van der Waals surface area contributed by atoms with Gasteiger partial charge in [0.2, 0.25) is 0 Å². The van der Waals surface area contributed by atoms with Crippen LogP contribution < -0.4 is 0 Å². The summed E-state index contributed by atoms with van der Waals surface area (Å²) in [5, 5.41) is 0.